The second kappa shape index (κ2) is 6.53. The maximum absolute atomic E-state index is 12.5. The van der Waals surface area contributed by atoms with E-state index < -0.39 is 10.1 Å². The summed E-state index contributed by atoms with van der Waals surface area (Å²) in [6, 6.07) is 11.8. The smallest absolute Gasteiger partial charge is 0.342 e. The van der Waals surface area contributed by atoms with Crippen LogP contribution in [0, 0.1) is 0 Å². The van der Waals surface area contributed by atoms with Crippen LogP contribution < -0.4 is 8.92 Å². The Balaban J connectivity index is 2.34. The first-order valence-corrected chi connectivity index (χ1v) is 9.22. The molecule has 0 N–H and O–H groups in total. The Labute approximate surface area is 145 Å². The van der Waals surface area contributed by atoms with E-state index in [1.54, 1.807) is 24.3 Å². The summed E-state index contributed by atoms with van der Waals surface area (Å²) in [5.41, 5.74) is 1.09. The number of rotatable bonds is 4. The standard InChI is InChI=1S/C17H19BrO4S/c1-17(2,3)12-5-8-14(9-6-12)22-23(19,20)16-11-13(18)7-10-15(16)21-4/h5-11H,1-4H3. The largest absolute Gasteiger partial charge is 0.495 e. The van der Waals surface area contributed by atoms with E-state index in [0.29, 0.717) is 4.47 Å². The van der Waals surface area contributed by atoms with Crippen molar-refractivity contribution in [2.45, 2.75) is 31.1 Å². The molecule has 0 spiro atoms. The lowest BCUT2D eigenvalue weighted by molar-refractivity contribution is 0.398. The molecule has 0 atom stereocenters. The van der Waals surface area contributed by atoms with Crippen LogP contribution in [0.1, 0.15) is 26.3 Å². The van der Waals surface area contributed by atoms with Crippen LogP contribution in [0.2, 0.25) is 0 Å². The number of hydrogen-bond acceptors (Lipinski definition) is 4. The van der Waals surface area contributed by atoms with Gasteiger partial charge < -0.3 is 8.92 Å². The molecule has 0 fully saturated rings. The Bertz CT molecular complexity index is 790. The van der Waals surface area contributed by atoms with Gasteiger partial charge in [0.1, 0.15) is 16.4 Å². The number of hydrogen-bond donors (Lipinski definition) is 0. The van der Waals surface area contributed by atoms with Crippen LogP contribution in [0.25, 0.3) is 0 Å². The molecule has 0 heterocycles. The third kappa shape index (κ3) is 4.26. The Morgan fingerprint density at radius 1 is 1.00 bits per heavy atom. The van der Waals surface area contributed by atoms with Crippen molar-refractivity contribution in [3.05, 3.63) is 52.5 Å². The van der Waals surface area contributed by atoms with Gasteiger partial charge in [-0.1, -0.05) is 48.8 Å². The first-order valence-electron chi connectivity index (χ1n) is 7.02. The number of methoxy groups -OCH3 is 1. The zero-order chi connectivity index (χ0) is 17.3. The molecule has 0 aliphatic carbocycles. The lowest BCUT2D eigenvalue weighted by Gasteiger charge is -2.19. The summed E-state index contributed by atoms with van der Waals surface area (Å²) in [6.45, 7) is 6.27. The van der Waals surface area contributed by atoms with Crippen LogP contribution in [0.3, 0.4) is 0 Å². The van der Waals surface area contributed by atoms with Crippen molar-refractivity contribution in [2.24, 2.45) is 0 Å². The Morgan fingerprint density at radius 3 is 2.13 bits per heavy atom. The predicted molar refractivity (Wildman–Crippen MR) is 93.6 cm³/mol. The summed E-state index contributed by atoms with van der Waals surface area (Å²) in [6.07, 6.45) is 0. The highest BCUT2D eigenvalue weighted by atomic mass is 79.9. The van der Waals surface area contributed by atoms with Crippen LogP contribution in [-0.4, -0.2) is 15.5 Å². The monoisotopic (exact) mass is 398 g/mol. The van der Waals surface area contributed by atoms with E-state index >= 15 is 0 Å². The fraction of sp³-hybridized carbons (Fsp3) is 0.294. The molecule has 2 aromatic rings. The van der Waals surface area contributed by atoms with Crippen molar-refractivity contribution >= 4 is 26.0 Å². The van der Waals surface area contributed by atoms with Gasteiger partial charge in [0.15, 0.2) is 0 Å². The van der Waals surface area contributed by atoms with Crippen LogP contribution in [0.4, 0.5) is 0 Å². The minimum atomic E-state index is -3.98. The highest BCUT2D eigenvalue weighted by molar-refractivity contribution is 9.10. The van der Waals surface area contributed by atoms with Gasteiger partial charge in [-0.25, -0.2) is 0 Å². The van der Waals surface area contributed by atoms with Crippen molar-refractivity contribution in [3.8, 4) is 11.5 Å². The molecule has 6 heteroatoms. The molecule has 124 valence electrons. The quantitative estimate of drug-likeness (QED) is 0.710. The van der Waals surface area contributed by atoms with Gasteiger partial charge in [-0.15, -0.1) is 0 Å². The molecule has 0 bridgehead atoms. The summed E-state index contributed by atoms with van der Waals surface area (Å²) in [4.78, 5) is -0.0192. The van der Waals surface area contributed by atoms with E-state index in [9.17, 15) is 8.42 Å². The molecule has 2 aromatic carbocycles. The molecule has 0 radical (unpaired) electrons. The van der Waals surface area contributed by atoms with E-state index in [-0.39, 0.29) is 21.8 Å². The van der Waals surface area contributed by atoms with Crippen molar-refractivity contribution in [1.29, 1.82) is 0 Å². The summed E-state index contributed by atoms with van der Waals surface area (Å²) in [7, 11) is -2.56. The average molecular weight is 399 g/mol. The molecule has 0 saturated heterocycles. The number of ether oxygens (including phenoxy) is 1. The highest BCUT2D eigenvalue weighted by Gasteiger charge is 2.23. The summed E-state index contributed by atoms with van der Waals surface area (Å²) in [5, 5.41) is 0. The van der Waals surface area contributed by atoms with Crippen LogP contribution >= 0.6 is 15.9 Å². The molecule has 4 nitrogen and oxygen atoms in total. The van der Waals surface area contributed by atoms with Gasteiger partial charge in [0, 0.05) is 4.47 Å². The number of halogens is 1. The molecular weight excluding hydrogens is 380 g/mol. The van der Waals surface area contributed by atoms with Gasteiger partial charge in [0.05, 0.1) is 7.11 Å². The highest BCUT2D eigenvalue weighted by Crippen LogP contribution is 2.30. The van der Waals surface area contributed by atoms with E-state index in [2.05, 4.69) is 36.7 Å². The van der Waals surface area contributed by atoms with Crippen LogP contribution in [-0.2, 0) is 15.5 Å². The minimum absolute atomic E-state index is 0.00901. The Hall–Kier alpha value is -1.53. The van der Waals surface area contributed by atoms with Crippen molar-refractivity contribution in [2.75, 3.05) is 7.11 Å². The molecule has 0 amide bonds. The van der Waals surface area contributed by atoms with E-state index in [1.807, 2.05) is 12.1 Å². The van der Waals surface area contributed by atoms with Gasteiger partial charge in [0.25, 0.3) is 0 Å². The zero-order valence-electron chi connectivity index (χ0n) is 13.5. The van der Waals surface area contributed by atoms with Crippen molar-refractivity contribution < 1.29 is 17.3 Å². The van der Waals surface area contributed by atoms with Gasteiger partial charge in [-0.2, -0.15) is 8.42 Å². The molecule has 2 rings (SSSR count). The topological polar surface area (TPSA) is 52.6 Å². The van der Waals surface area contributed by atoms with Gasteiger partial charge in [-0.05, 0) is 41.3 Å². The fourth-order valence-electron chi connectivity index (χ4n) is 2.03. The van der Waals surface area contributed by atoms with Gasteiger partial charge >= 0.3 is 10.1 Å². The van der Waals surface area contributed by atoms with Gasteiger partial charge in [0.2, 0.25) is 0 Å². The van der Waals surface area contributed by atoms with E-state index in [0.717, 1.165) is 5.56 Å². The second-order valence-corrected chi connectivity index (χ2v) is 8.54. The van der Waals surface area contributed by atoms with Crippen molar-refractivity contribution in [3.63, 3.8) is 0 Å². The molecular formula is C17H19BrO4S. The first kappa shape index (κ1) is 17.8. The Kier molecular flexibility index (Phi) is 5.06. The first-order chi connectivity index (χ1) is 10.6. The minimum Gasteiger partial charge on any atom is -0.495 e. The average Bonchev–Trinajstić information content (AvgIpc) is 2.46. The zero-order valence-corrected chi connectivity index (χ0v) is 15.9. The van der Waals surface area contributed by atoms with Crippen LogP contribution in [0.5, 0.6) is 11.5 Å². The lowest BCUT2D eigenvalue weighted by Crippen LogP contribution is -2.13. The third-order valence-corrected chi connectivity index (χ3v) is 5.08. The molecule has 0 aliphatic heterocycles. The summed E-state index contributed by atoms with van der Waals surface area (Å²) < 4.78 is 35.9. The maximum atomic E-state index is 12.5. The van der Waals surface area contributed by atoms with Gasteiger partial charge in [-0.3, -0.25) is 0 Å². The molecule has 23 heavy (non-hydrogen) atoms. The Morgan fingerprint density at radius 2 is 1.61 bits per heavy atom. The fourth-order valence-corrected chi connectivity index (χ4v) is 3.66. The van der Waals surface area contributed by atoms with E-state index in [1.165, 1.54) is 13.2 Å². The van der Waals surface area contributed by atoms with E-state index in [4.69, 9.17) is 8.92 Å². The molecule has 0 aromatic heterocycles. The maximum Gasteiger partial charge on any atom is 0.342 e. The predicted octanol–water partition coefficient (Wildman–Crippen LogP) is 4.52. The van der Waals surface area contributed by atoms with Crippen molar-refractivity contribution in [1.82, 2.24) is 0 Å². The lowest BCUT2D eigenvalue weighted by atomic mass is 9.87. The normalized spacial score (nSPS) is 12.0. The van der Waals surface area contributed by atoms with Crippen LogP contribution in [0.15, 0.2) is 51.8 Å². The molecule has 0 unspecified atom stereocenters. The number of benzene rings is 2. The summed E-state index contributed by atoms with van der Waals surface area (Å²) in [5.74, 6) is 0.500. The summed E-state index contributed by atoms with van der Waals surface area (Å²) >= 11 is 3.26. The molecule has 0 saturated carbocycles. The molecule has 0 aliphatic rings. The third-order valence-electron chi connectivity index (χ3n) is 3.32. The second-order valence-electron chi connectivity index (χ2n) is 6.11. The SMILES string of the molecule is COc1ccc(Br)cc1S(=O)(=O)Oc1ccc(C(C)(C)C)cc1.